The number of nitriles is 1. The fourth-order valence-corrected chi connectivity index (χ4v) is 1.99. The molecule has 1 aromatic heterocycles. The number of halogens is 2. The molecule has 1 heterocycles. The molecular formula is C15H14F2N4. The van der Waals surface area contributed by atoms with Gasteiger partial charge in [-0.25, -0.2) is 13.8 Å². The Kier molecular flexibility index (Phi) is 4.33. The molecule has 21 heavy (non-hydrogen) atoms. The van der Waals surface area contributed by atoms with E-state index in [4.69, 9.17) is 5.26 Å². The largest absolute Gasteiger partial charge is 0.371 e. The van der Waals surface area contributed by atoms with Gasteiger partial charge in [0.25, 0.3) is 0 Å². The average molecular weight is 288 g/mol. The molecule has 1 aromatic carbocycles. The monoisotopic (exact) mass is 288 g/mol. The lowest BCUT2D eigenvalue weighted by Crippen LogP contribution is -2.20. The Hall–Kier alpha value is -2.68. The first-order chi connectivity index (χ1) is 10.0. The molecule has 0 saturated heterocycles. The van der Waals surface area contributed by atoms with Crippen LogP contribution >= 0.6 is 0 Å². The summed E-state index contributed by atoms with van der Waals surface area (Å²) in [6.45, 7) is 0.355. The first kappa shape index (κ1) is 14.7. The summed E-state index contributed by atoms with van der Waals surface area (Å²) in [6, 6.07) is 9.85. The maximum atomic E-state index is 13.8. The number of aromatic nitrogens is 1. The van der Waals surface area contributed by atoms with E-state index in [1.54, 1.807) is 30.1 Å². The van der Waals surface area contributed by atoms with Crippen LogP contribution in [0.1, 0.15) is 11.1 Å². The predicted octanol–water partition coefficient (Wildman–Crippen LogP) is 2.91. The van der Waals surface area contributed by atoms with E-state index in [-0.39, 0.29) is 11.6 Å². The summed E-state index contributed by atoms with van der Waals surface area (Å²) in [6.07, 6.45) is 0. The molecule has 2 rings (SSSR count). The van der Waals surface area contributed by atoms with Crippen molar-refractivity contribution in [1.29, 1.82) is 5.26 Å². The first-order valence-corrected chi connectivity index (χ1v) is 6.29. The molecule has 4 nitrogen and oxygen atoms in total. The molecule has 0 aliphatic heterocycles. The van der Waals surface area contributed by atoms with E-state index in [0.29, 0.717) is 12.1 Å². The Balaban J connectivity index is 2.28. The van der Waals surface area contributed by atoms with Gasteiger partial charge >= 0.3 is 0 Å². The summed E-state index contributed by atoms with van der Waals surface area (Å²) < 4.78 is 27.2. The molecule has 0 unspecified atom stereocenters. The molecule has 0 amide bonds. The molecular weight excluding hydrogens is 274 g/mol. The third kappa shape index (κ3) is 3.26. The van der Waals surface area contributed by atoms with Crippen molar-refractivity contribution in [2.45, 2.75) is 6.54 Å². The van der Waals surface area contributed by atoms with Gasteiger partial charge in [-0.2, -0.15) is 5.26 Å². The SMILES string of the molecule is CNc1nc(N(C)Cc2cccc(C#N)c2)c(F)cc1F. The number of hydrogen-bond acceptors (Lipinski definition) is 4. The number of hydrogen-bond donors (Lipinski definition) is 1. The molecule has 0 fully saturated rings. The van der Waals surface area contributed by atoms with Crippen LogP contribution in [0.4, 0.5) is 20.4 Å². The lowest BCUT2D eigenvalue weighted by molar-refractivity contribution is 0.573. The van der Waals surface area contributed by atoms with Crippen LogP contribution in [0.2, 0.25) is 0 Å². The minimum atomic E-state index is -0.737. The van der Waals surface area contributed by atoms with Crippen molar-refractivity contribution < 1.29 is 8.78 Å². The van der Waals surface area contributed by atoms with E-state index < -0.39 is 11.6 Å². The standard InChI is InChI=1S/C15H14F2N4/c1-19-14-12(16)7-13(17)15(20-14)21(2)9-11-5-3-4-10(6-11)8-18/h3-7H,9H2,1-2H3,(H,19,20). The van der Waals surface area contributed by atoms with Crippen molar-refractivity contribution in [3.63, 3.8) is 0 Å². The zero-order valence-corrected chi connectivity index (χ0v) is 11.7. The van der Waals surface area contributed by atoms with Gasteiger partial charge in [0.05, 0.1) is 11.6 Å². The second-order valence-electron chi connectivity index (χ2n) is 4.54. The van der Waals surface area contributed by atoms with Crippen molar-refractivity contribution in [3.8, 4) is 6.07 Å². The minimum absolute atomic E-state index is 0.0102. The van der Waals surface area contributed by atoms with Crippen molar-refractivity contribution in [2.24, 2.45) is 0 Å². The molecule has 0 spiro atoms. The van der Waals surface area contributed by atoms with Crippen LogP contribution in [0, 0.1) is 23.0 Å². The van der Waals surface area contributed by atoms with Gasteiger partial charge in [0.2, 0.25) is 0 Å². The minimum Gasteiger partial charge on any atom is -0.371 e. The van der Waals surface area contributed by atoms with Crippen LogP contribution < -0.4 is 10.2 Å². The molecule has 0 aliphatic rings. The normalized spacial score (nSPS) is 10.0. The second kappa shape index (κ2) is 6.18. The second-order valence-corrected chi connectivity index (χ2v) is 4.54. The Morgan fingerprint density at radius 2 is 2.05 bits per heavy atom. The van der Waals surface area contributed by atoms with Gasteiger partial charge in [-0.05, 0) is 17.7 Å². The van der Waals surface area contributed by atoms with E-state index in [2.05, 4.69) is 10.3 Å². The Labute approximate surface area is 121 Å². The molecule has 6 heteroatoms. The molecule has 0 atom stereocenters. The predicted molar refractivity (Wildman–Crippen MR) is 77.0 cm³/mol. The molecule has 0 aliphatic carbocycles. The van der Waals surface area contributed by atoms with E-state index in [0.717, 1.165) is 11.6 Å². The van der Waals surface area contributed by atoms with Crippen molar-refractivity contribution in [3.05, 3.63) is 53.1 Å². The summed E-state index contributed by atoms with van der Waals surface area (Å²) in [5.74, 6) is -1.43. The van der Waals surface area contributed by atoms with Crippen LogP contribution in [0.25, 0.3) is 0 Å². The van der Waals surface area contributed by atoms with Gasteiger partial charge in [-0.1, -0.05) is 12.1 Å². The molecule has 0 bridgehead atoms. The molecule has 1 N–H and O–H groups in total. The van der Waals surface area contributed by atoms with Crippen LogP contribution in [-0.4, -0.2) is 19.1 Å². The highest BCUT2D eigenvalue weighted by Crippen LogP contribution is 2.22. The smallest absolute Gasteiger partial charge is 0.168 e. The van der Waals surface area contributed by atoms with Crippen LogP contribution in [-0.2, 0) is 6.54 Å². The fraction of sp³-hybridized carbons (Fsp3) is 0.200. The highest BCUT2D eigenvalue weighted by atomic mass is 19.1. The number of rotatable bonds is 4. The van der Waals surface area contributed by atoms with Gasteiger partial charge in [0.15, 0.2) is 23.3 Å². The maximum Gasteiger partial charge on any atom is 0.168 e. The number of benzene rings is 1. The first-order valence-electron chi connectivity index (χ1n) is 6.29. The lowest BCUT2D eigenvalue weighted by Gasteiger charge is -2.20. The third-order valence-corrected chi connectivity index (χ3v) is 2.99. The Morgan fingerprint density at radius 1 is 1.29 bits per heavy atom. The van der Waals surface area contributed by atoms with Crippen molar-refractivity contribution in [1.82, 2.24) is 4.98 Å². The van der Waals surface area contributed by atoms with Crippen molar-refractivity contribution >= 4 is 11.6 Å². The van der Waals surface area contributed by atoms with Gasteiger partial charge in [-0.15, -0.1) is 0 Å². The van der Waals surface area contributed by atoms with E-state index in [9.17, 15) is 8.78 Å². The number of nitrogens with zero attached hydrogens (tertiary/aromatic N) is 3. The highest BCUT2D eigenvalue weighted by Gasteiger charge is 2.15. The molecule has 2 aromatic rings. The quantitative estimate of drug-likeness (QED) is 0.940. The summed E-state index contributed by atoms with van der Waals surface area (Å²) >= 11 is 0. The van der Waals surface area contributed by atoms with Crippen LogP contribution in [0.3, 0.4) is 0 Å². The van der Waals surface area contributed by atoms with Gasteiger partial charge in [0.1, 0.15) is 0 Å². The highest BCUT2D eigenvalue weighted by molar-refractivity contribution is 5.49. The number of nitrogens with one attached hydrogen (secondary N) is 1. The zero-order chi connectivity index (χ0) is 15.4. The van der Waals surface area contributed by atoms with E-state index in [1.165, 1.54) is 7.05 Å². The van der Waals surface area contributed by atoms with E-state index in [1.807, 2.05) is 12.1 Å². The van der Waals surface area contributed by atoms with Gasteiger partial charge < -0.3 is 10.2 Å². The Morgan fingerprint density at radius 3 is 2.71 bits per heavy atom. The molecule has 0 saturated carbocycles. The van der Waals surface area contributed by atoms with Crippen LogP contribution in [0.15, 0.2) is 30.3 Å². The summed E-state index contributed by atoms with van der Waals surface area (Å²) in [7, 11) is 3.17. The lowest BCUT2D eigenvalue weighted by atomic mass is 10.1. The third-order valence-electron chi connectivity index (χ3n) is 2.99. The number of anilines is 2. The van der Waals surface area contributed by atoms with Gasteiger partial charge in [-0.3, -0.25) is 0 Å². The summed E-state index contributed by atoms with van der Waals surface area (Å²) in [5, 5.41) is 11.4. The fourth-order valence-electron chi connectivity index (χ4n) is 1.99. The van der Waals surface area contributed by atoms with Gasteiger partial charge in [0, 0.05) is 26.7 Å². The number of pyridine rings is 1. The molecule has 108 valence electrons. The van der Waals surface area contributed by atoms with Crippen molar-refractivity contribution in [2.75, 3.05) is 24.3 Å². The van der Waals surface area contributed by atoms with Crippen LogP contribution in [0.5, 0.6) is 0 Å². The maximum absolute atomic E-state index is 13.8. The van der Waals surface area contributed by atoms with E-state index >= 15 is 0 Å². The topological polar surface area (TPSA) is 52.0 Å². The summed E-state index contributed by atoms with van der Waals surface area (Å²) in [5.41, 5.74) is 1.37. The Bertz CT molecular complexity index is 695. The molecule has 0 radical (unpaired) electrons. The zero-order valence-electron chi connectivity index (χ0n) is 11.7. The average Bonchev–Trinajstić information content (AvgIpc) is 2.47. The summed E-state index contributed by atoms with van der Waals surface area (Å²) in [4.78, 5) is 5.49.